The summed E-state index contributed by atoms with van der Waals surface area (Å²) in [6.07, 6.45) is 8.10. The van der Waals surface area contributed by atoms with Gasteiger partial charge in [-0.3, -0.25) is 0 Å². The molecule has 3 unspecified atom stereocenters. The van der Waals surface area contributed by atoms with E-state index in [0.717, 1.165) is 17.6 Å². The standard InChI is InChI=1S/C14H24N2OS/c1-4-14(2,3)10-5-6-11(15)12(9-10)18-13-16-7-8-17-13/h7-8,10-12H,4-6,9,15H2,1-3H3. The molecule has 2 N–H and O–H groups in total. The Kier molecular flexibility index (Phi) is 4.38. The maximum Gasteiger partial charge on any atom is 0.255 e. The zero-order valence-electron chi connectivity index (χ0n) is 11.6. The van der Waals surface area contributed by atoms with Gasteiger partial charge in [0.1, 0.15) is 6.26 Å². The van der Waals surface area contributed by atoms with Gasteiger partial charge in [0.2, 0.25) is 0 Å². The Labute approximate surface area is 114 Å². The summed E-state index contributed by atoms with van der Waals surface area (Å²) in [6, 6.07) is 0.269. The van der Waals surface area contributed by atoms with Crippen LogP contribution in [0.2, 0.25) is 0 Å². The van der Waals surface area contributed by atoms with E-state index >= 15 is 0 Å². The van der Waals surface area contributed by atoms with Crippen LogP contribution in [-0.2, 0) is 0 Å². The van der Waals surface area contributed by atoms with Crippen molar-refractivity contribution in [3.05, 3.63) is 12.5 Å². The first-order valence-electron chi connectivity index (χ1n) is 6.84. The molecule has 0 radical (unpaired) electrons. The lowest BCUT2D eigenvalue weighted by Gasteiger charge is -2.41. The Morgan fingerprint density at radius 3 is 2.89 bits per heavy atom. The first-order valence-corrected chi connectivity index (χ1v) is 7.72. The van der Waals surface area contributed by atoms with E-state index in [0.29, 0.717) is 10.7 Å². The predicted molar refractivity (Wildman–Crippen MR) is 75.5 cm³/mol. The highest BCUT2D eigenvalue weighted by Crippen LogP contribution is 2.44. The second-order valence-corrected chi connectivity index (χ2v) is 7.16. The molecule has 1 aromatic heterocycles. The molecule has 0 aromatic carbocycles. The molecular weight excluding hydrogens is 244 g/mol. The summed E-state index contributed by atoms with van der Waals surface area (Å²) >= 11 is 1.71. The van der Waals surface area contributed by atoms with Gasteiger partial charge in [0.25, 0.3) is 5.22 Å². The molecule has 18 heavy (non-hydrogen) atoms. The van der Waals surface area contributed by atoms with Gasteiger partial charge in [-0.1, -0.05) is 39.0 Å². The number of aromatic nitrogens is 1. The van der Waals surface area contributed by atoms with E-state index in [1.807, 2.05) is 0 Å². The molecule has 0 saturated heterocycles. The highest BCUT2D eigenvalue weighted by molar-refractivity contribution is 7.99. The third-order valence-corrected chi connectivity index (χ3v) is 5.77. The lowest BCUT2D eigenvalue weighted by Crippen LogP contribution is -2.42. The van der Waals surface area contributed by atoms with Crippen LogP contribution in [0.15, 0.2) is 22.1 Å². The van der Waals surface area contributed by atoms with Crippen molar-refractivity contribution in [1.29, 1.82) is 0 Å². The molecular formula is C14H24N2OS. The van der Waals surface area contributed by atoms with Gasteiger partial charge >= 0.3 is 0 Å². The third-order valence-electron chi connectivity index (χ3n) is 4.52. The van der Waals surface area contributed by atoms with Crippen molar-refractivity contribution in [3.8, 4) is 0 Å². The SMILES string of the molecule is CCC(C)(C)C1CCC(N)C(Sc2ncco2)C1. The molecule has 102 valence electrons. The molecule has 2 rings (SSSR count). The monoisotopic (exact) mass is 268 g/mol. The lowest BCUT2D eigenvalue weighted by molar-refractivity contribution is 0.148. The molecule has 3 nitrogen and oxygen atoms in total. The normalized spacial score (nSPS) is 29.4. The average Bonchev–Trinajstić information content (AvgIpc) is 2.84. The van der Waals surface area contributed by atoms with Gasteiger partial charge in [0.05, 0.1) is 6.20 Å². The summed E-state index contributed by atoms with van der Waals surface area (Å²) in [7, 11) is 0. The van der Waals surface area contributed by atoms with Crippen molar-refractivity contribution in [1.82, 2.24) is 4.98 Å². The number of hydrogen-bond donors (Lipinski definition) is 1. The quantitative estimate of drug-likeness (QED) is 0.904. The smallest absolute Gasteiger partial charge is 0.255 e. The average molecular weight is 268 g/mol. The minimum absolute atomic E-state index is 0.269. The summed E-state index contributed by atoms with van der Waals surface area (Å²) in [6.45, 7) is 7.04. The van der Waals surface area contributed by atoms with E-state index in [-0.39, 0.29) is 6.04 Å². The minimum Gasteiger partial charge on any atom is -0.440 e. The minimum atomic E-state index is 0.269. The second-order valence-electron chi connectivity index (χ2n) is 5.97. The van der Waals surface area contributed by atoms with Crippen LogP contribution in [0.4, 0.5) is 0 Å². The Morgan fingerprint density at radius 1 is 1.50 bits per heavy atom. The van der Waals surface area contributed by atoms with E-state index in [4.69, 9.17) is 10.2 Å². The zero-order chi connectivity index (χ0) is 13.2. The van der Waals surface area contributed by atoms with Gasteiger partial charge in [-0.05, 0) is 30.6 Å². The number of nitrogens with zero attached hydrogens (tertiary/aromatic N) is 1. The fraction of sp³-hybridized carbons (Fsp3) is 0.786. The molecule has 0 spiro atoms. The van der Waals surface area contributed by atoms with Gasteiger partial charge in [-0.15, -0.1) is 0 Å². The van der Waals surface area contributed by atoms with Gasteiger partial charge in [0, 0.05) is 11.3 Å². The van der Waals surface area contributed by atoms with Crippen molar-refractivity contribution in [2.75, 3.05) is 0 Å². The summed E-state index contributed by atoms with van der Waals surface area (Å²) in [5.41, 5.74) is 6.66. The fourth-order valence-electron chi connectivity index (χ4n) is 2.68. The van der Waals surface area contributed by atoms with Crippen LogP contribution in [-0.4, -0.2) is 16.3 Å². The molecule has 1 aliphatic rings. The number of hydrogen-bond acceptors (Lipinski definition) is 4. The predicted octanol–water partition coefficient (Wildman–Crippen LogP) is 3.70. The summed E-state index contributed by atoms with van der Waals surface area (Å²) in [4.78, 5) is 4.19. The molecule has 1 heterocycles. The van der Waals surface area contributed by atoms with Crippen molar-refractivity contribution in [2.24, 2.45) is 17.1 Å². The summed E-state index contributed by atoms with van der Waals surface area (Å²) in [5.74, 6) is 0.759. The van der Waals surface area contributed by atoms with Crippen molar-refractivity contribution < 1.29 is 4.42 Å². The van der Waals surface area contributed by atoms with E-state index in [1.165, 1.54) is 19.3 Å². The van der Waals surface area contributed by atoms with Crippen molar-refractivity contribution in [2.45, 2.75) is 63.0 Å². The van der Waals surface area contributed by atoms with Gasteiger partial charge in [-0.25, -0.2) is 4.98 Å². The second kappa shape index (κ2) is 5.66. The first kappa shape index (κ1) is 13.9. The van der Waals surface area contributed by atoms with E-state index < -0.39 is 0 Å². The largest absolute Gasteiger partial charge is 0.440 e. The number of nitrogens with two attached hydrogens (primary N) is 1. The van der Waals surface area contributed by atoms with Crippen LogP contribution in [0, 0.1) is 11.3 Å². The van der Waals surface area contributed by atoms with E-state index in [1.54, 1.807) is 24.2 Å². The Bertz CT molecular complexity index is 364. The van der Waals surface area contributed by atoms with Crippen molar-refractivity contribution in [3.63, 3.8) is 0 Å². The highest BCUT2D eigenvalue weighted by Gasteiger charge is 2.36. The Balaban J connectivity index is 2.01. The van der Waals surface area contributed by atoms with Crippen LogP contribution >= 0.6 is 11.8 Å². The van der Waals surface area contributed by atoms with Gasteiger partial charge < -0.3 is 10.2 Å². The first-order chi connectivity index (χ1) is 8.53. The fourth-order valence-corrected chi connectivity index (χ4v) is 3.82. The Hall–Kier alpha value is -0.480. The summed E-state index contributed by atoms with van der Waals surface area (Å²) in [5, 5.41) is 1.19. The number of thioether (sulfide) groups is 1. The molecule has 3 atom stereocenters. The topological polar surface area (TPSA) is 52.0 Å². The number of oxazole rings is 1. The maximum atomic E-state index is 6.25. The zero-order valence-corrected chi connectivity index (χ0v) is 12.4. The van der Waals surface area contributed by atoms with E-state index in [2.05, 4.69) is 25.8 Å². The van der Waals surface area contributed by atoms with Gasteiger partial charge in [0.15, 0.2) is 0 Å². The highest BCUT2D eigenvalue weighted by atomic mass is 32.2. The lowest BCUT2D eigenvalue weighted by atomic mass is 9.69. The van der Waals surface area contributed by atoms with Crippen LogP contribution in [0.5, 0.6) is 0 Å². The molecule has 1 saturated carbocycles. The molecule has 1 aliphatic carbocycles. The maximum absolute atomic E-state index is 6.25. The van der Waals surface area contributed by atoms with Crippen LogP contribution in [0.25, 0.3) is 0 Å². The molecule has 0 bridgehead atoms. The van der Waals surface area contributed by atoms with Gasteiger partial charge in [-0.2, -0.15) is 0 Å². The molecule has 0 amide bonds. The molecule has 0 aliphatic heterocycles. The Morgan fingerprint density at radius 2 is 2.28 bits per heavy atom. The summed E-state index contributed by atoms with van der Waals surface area (Å²) < 4.78 is 5.33. The van der Waals surface area contributed by atoms with Crippen molar-refractivity contribution >= 4 is 11.8 Å². The van der Waals surface area contributed by atoms with Crippen LogP contribution in [0.3, 0.4) is 0 Å². The molecule has 4 heteroatoms. The van der Waals surface area contributed by atoms with E-state index in [9.17, 15) is 0 Å². The number of rotatable bonds is 4. The molecule has 1 aromatic rings. The molecule has 1 fully saturated rings. The van der Waals surface area contributed by atoms with Crippen LogP contribution in [0.1, 0.15) is 46.5 Å². The van der Waals surface area contributed by atoms with Crippen LogP contribution < -0.4 is 5.73 Å². The third kappa shape index (κ3) is 3.09.